The summed E-state index contributed by atoms with van der Waals surface area (Å²) in [5, 5.41) is 3.24. The van der Waals surface area contributed by atoms with Crippen molar-refractivity contribution in [1.82, 2.24) is 5.32 Å². The Morgan fingerprint density at radius 1 is 1.20 bits per heavy atom. The molecule has 1 atom stereocenters. The van der Waals surface area contributed by atoms with E-state index in [-0.39, 0.29) is 11.9 Å². The molecule has 1 rings (SSSR count). The molecule has 3 N–H and O–H groups in total. The Morgan fingerprint density at radius 2 is 1.88 bits per heavy atom. The van der Waals surface area contributed by atoms with E-state index in [0.717, 1.165) is 30.6 Å². The topological polar surface area (TPSA) is 73.6 Å². The van der Waals surface area contributed by atoms with Gasteiger partial charge in [0.25, 0.3) is 0 Å². The Balaban J connectivity index is 2.71. The van der Waals surface area contributed by atoms with Gasteiger partial charge < -0.3 is 20.5 Å². The van der Waals surface area contributed by atoms with Crippen LogP contribution in [0.25, 0.3) is 0 Å². The van der Waals surface area contributed by atoms with Crippen LogP contribution in [0, 0.1) is 11.8 Å². The molecular formula is C20H34N2O3. The Bertz CT molecular complexity index is 528. The molecule has 0 saturated heterocycles. The summed E-state index contributed by atoms with van der Waals surface area (Å²) < 4.78 is 11.4. The highest BCUT2D eigenvalue weighted by Gasteiger charge is 2.16. The van der Waals surface area contributed by atoms with Gasteiger partial charge in [-0.05, 0) is 36.0 Å². The van der Waals surface area contributed by atoms with E-state index in [1.807, 2.05) is 18.2 Å². The van der Waals surface area contributed by atoms with Gasteiger partial charge in [0.2, 0.25) is 5.91 Å². The number of hydrogen-bond acceptors (Lipinski definition) is 4. The third-order valence-electron chi connectivity index (χ3n) is 4.46. The monoisotopic (exact) mass is 350 g/mol. The summed E-state index contributed by atoms with van der Waals surface area (Å²) in [5.41, 5.74) is 6.51. The van der Waals surface area contributed by atoms with Gasteiger partial charge in [-0.1, -0.05) is 46.6 Å². The lowest BCUT2D eigenvalue weighted by Crippen LogP contribution is -2.41. The maximum atomic E-state index is 11.6. The molecule has 0 aromatic heterocycles. The third kappa shape index (κ3) is 7.34. The zero-order valence-electron chi connectivity index (χ0n) is 16.3. The van der Waals surface area contributed by atoms with Crippen LogP contribution in [0.5, 0.6) is 11.5 Å². The summed E-state index contributed by atoms with van der Waals surface area (Å²) in [7, 11) is 1.64. The van der Waals surface area contributed by atoms with E-state index in [1.165, 1.54) is 0 Å². The number of primary amides is 1. The van der Waals surface area contributed by atoms with E-state index < -0.39 is 0 Å². The van der Waals surface area contributed by atoms with Crippen molar-refractivity contribution < 1.29 is 14.3 Å². The molecule has 0 spiro atoms. The summed E-state index contributed by atoms with van der Waals surface area (Å²) in [4.78, 5) is 11.6. The number of nitrogens with two attached hydrogens (primary N) is 1. The molecule has 1 aromatic rings. The van der Waals surface area contributed by atoms with Crippen molar-refractivity contribution in [2.45, 2.75) is 59.5 Å². The Hall–Kier alpha value is -1.75. The van der Waals surface area contributed by atoms with Gasteiger partial charge >= 0.3 is 0 Å². The highest BCUT2D eigenvalue weighted by molar-refractivity contribution is 5.79. The fourth-order valence-corrected chi connectivity index (χ4v) is 2.69. The normalized spacial score (nSPS) is 12.4. The average molecular weight is 351 g/mol. The number of hydrogen-bond donors (Lipinski definition) is 2. The number of methoxy groups -OCH3 is 1. The molecule has 5 heteroatoms. The molecule has 1 aromatic carbocycles. The predicted molar refractivity (Wildman–Crippen MR) is 102 cm³/mol. The number of rotatable bonds is 12. The van der Waals surface area contributed by atoms with Crippen LogP contribution in [0.1, 0.15) is 52.5 Å². The first kappa shape index (κ1) is 21.3. The van der Waals surface area contributed by atoms with Gasteiger partial charge in [0.05, 0.1) is 19.8 Å². The number of carbonyl (C=O) groups excluding carboxylic acids is 1. The number of nitrogens with one attached hydrogen (secondary N) is 1. The Kier molecular flexibility index (Phi) is 9.35. The lowest BCUT2D eigenvalue weighted by molar-refractivity contribution is -0.120. The lowest BCUT2D eigenvalue weighted by atomic mass is 10.0. The molecule has 1 amide bonds. The summed E-state index contributed by atoms with van der Waals surface area (Å²) in [5.74, 6) is 2.11. The molecule has 142 valence electrons. The first-order valence-electron chi connectivity index (χ1n) is 9.23. The van der Waals surface area contributed by atoms with E-state index in [9.17, 15) is 4.79 Å². The molecular weight excluding hydrogens is 316 g/mol. The van der Waals surface area contributed by atoms with E-state index in [0.29, 0.717) is 30.7 Å². The molecule has 1 unspecified atom stereocenters. The minimum absolute atomic E-state index is 0.314. The molecule has 0 aliphatic rings. The van der Waals surface area contributed by atoms with Crippen LogP contribution in [-0.2, 0) is 11.3 Å². The van der Waals surface area contributed by atoms with Crippen molar-refractivity contribution in [3.63, 3.8) is 0 Å². The highest BCUT2D eigenvalue weighted by Crippen LogP contribution is 2.29. The largest absolute Gasteiger partial charge is 0.493 e. The van der Waals surface area contributed by atoms with Crippen LogP contribution in [0.4, 0.5) is 0 Å². The number of ether oxygens (including phenoxy) is 2. The fraction of sp³-hybridized carbons (Fsp3) is 0.650. The molecule has 0 bridgehead atoms. The average Bonchev–Trinajstić information content (AvgIpc) is 2.59. The first-order valence-corrected chi connectivity index (χ1v) is 9.23. The van der Waals surface area contributed by atoms with Crippen molar-refractivity contribution in [2.24, 2.45) is 17.6 Å². The quantitative estimate of drug-likeness (QED) is 0.605. The van der Waals surface area contributed by atoms with Crippen LogP contribution < -0.4 is 20.5 Å². The summed E-state index contributed by atoms with van der Waals surface area (Å²) in [6, 6.07) is 5.55. The molecule has 0 fully saturated rings. The van der Waals surface area contributed by atoms with E-state index in [2.05, 4.69) is 33.0 Å². The maximum absolute atomic E-state index is 11.6. The lowest BCUT2D eigenvalue weighted by Gasteiger charge is -2.19. The smallest absolute Gasteiger partial charge is 0.234 e. The second-order valence-corrected chi connectivity index (χ2v) is 6.94. The number of benzene rings is 1. The van der Waals surface area contributed by atoms with Crippen LogP contribution in [0.15, 0.2) is 18.2 Å². The van der Waals surface area contributed by atoms with Crippen LogP contribution in [0.3, 0.4) is 0 Å². The van der Waals surface area contributed by atoms with Gasteiger partial charge in [-0.25, -0.2) is 0 Å². The van der Waals surface area contributed by atoms with Gasteiger partial charge in [0, 0.05) is 6.54 Å². The molecule has 0 radical (unpaired) electrons. The standard InChI is InChI=1S/C20H34N2O3/c1-6-15(7-2)13-25-18-9-8-16(11-19(18)24-5)12-22-17(20(21)23)10-14(3)4/h8-9,11,14-15,17,22H,6-7,10,12-13H2,1-5H3,(H2,21,23). The Labute approximate surface area is 152 Å². The van der Waals surface area contributed by atoms with Gasteiger partial charge in [-0.2, -0.15) is 0 Å². The molecule has 0 saturated carbocycles. The SMILES string of the molecule is CCC(CC)COc1ccc(CNC(CC(C)C)C(N)=O)cc1OC. The minimum Gasteiger partial charge on any atom is -0.493 e. The number of amides is 1. The zero-order valence-corrected chi connectivity index (χ0v) is 16.3. The van der Waals surface area contributed by atoms with Crippen molar-refractivity contribution in [2.75, 3.05) is 13.7 Å². The van der Waals surface area contributed by atoms with Crippen molar-refractivity contribution in [1.29, 1.82) is 0 Å². The third-order valence-corrected chi connectivity index (χ3v) is 4.46. The molecule has 0 aliphatic carbocycles. The van der Waals surface area contributed by atoms with Crippen LogP contribution in [0.2, 0.25) is 0 Å². The Morgan fingerprint density at radius 3 is 2.40 bits per heavy atom. The molecule has 0 aliphatic heterocycles. The molecule has 0 heterocycles. The van der Waals surface area contributed by atoms with Crippen molar-refractivity contribution in [3.05, 3.63) is 23.8 Å². The second kappa shape index (κ2) is 11.0. The summed E-state index contributed by atoms with van der Waals surface area (Å²) in [6.45, 7) is 9.76. The van der Waals surface area contributed by atoms with Crippen molar-refractivity contribution in [3.8, 4) is 11.5 Å². The highest BCUT2D eigenvalue weighted by atomic mass is 16.5. The minimum atomic E-state index is -0.322. The zero-order chi connectivity index (χ0) is 18.8. The number of carbonyl (C=O) groups is 1. The van der Waals surface area contributed by atoms with Gasteiger partial charge in [-0.3, -0.25) is 4.79 Å². The first-order chi connectivity index (χ1) is 11.9. The second-order valence-electron chi connectivity index (χ2n) is 6.94. The van der Waals surface area contributed by atoms with E-state index in [1.54, 1.807) is 7.11 Å². The van der Waals surface area contributed by atoms with Gasteiger partial charge in [0.15, 0.2) is 11.5 Å². The van der Waals surface area contributed by atoms with Crippen molar-refractivity contribution >= 4 is 5.91 Å². The molecule has 25 heavy (non-hydrogen) atoms. The van der Waals surface area contributed by atoms with Gasteiger partial charge in [-0.15, -0.1) is 0 Å². The van der Waals surface area contributed by atoms with Gasteiger partial charge in [0.1, 0.15) is 0 Å². The fourth-order valence-electron chi connectivity index (χ4n) is 2.69. The van der Waals surface area contributed by atoms with Crippen LogP contribution >= 0.6 is 0 Å². The predicted octanol–water partition coefficient (Wildman–Crippen LogP) is 3.50. The van der Waals surface area contributed by atoms with E-state index >= 15 is 0 Å². The molecule has 5 nitrogen and oxygen atoms in total. The van der Waals surface area contributed by atoms with Crippen LogP contribution in [-0.4, -0.2) is 25.7 Å². The van der Waals surface area contributed by atoms with E-state index in [4.69, 9.17) is 15.2 Å². The summed E-state index contributed by atoms with van der Waals surface area (Å²) in [6.07, 6.45) is 2.93. The maximum Gasteiger partial charge on any atom is 0.234 e. The summed E-state index contributed by atoms with van der Waals surface area (Å²) >= 11 is 0.